The molecule has 3 rings (SSSR count). The number of nitrogens with one attached hydrogen (secondary N) is 3. The van der Waals surface area contributed by atoms with Crippen LogP contribution in [0.5, 0.6) is 0 Å². The number of aromatic amines is 1. The number of rotatable bonds is 5. The number of amides is 2. The molecule has 3 aromatic rings. The van der Waals surface area contributed by atoms with Gasteiger partial charge < -0.3 is 15.6 Å². The monoisotopic (exact) mass is 413 g/mol. The molecular weight excluding hydrogens is 398 g/mol. The normalized spacial score (nSPS) is 10.5. The third-order valence-electron chi connectivity index (χ3n) is 3.82. The van der Waals surface area contributed by atoms with Crippen LogP contribution in [0.25, 0.3) is 10.9 Å². The van der Waals surface area contributed by atoms with Gasteiger partial charge in [0, 0.05) is 28.1 Å². The van der Waals surface area contributed by atoms with Crippen LogP contribution >= 0.6 is 15.9 Å². The Morgan fingerprint density at radius 2 is 1.85 bits per heavy atom. The molecule has 0 fully saturated rings. The second-order valence-corrected chi connectivity index (χ2v) is 6.58. The third-order valence-corrected chi connectivity index (χ3v) is 4.31. The Labute approximate surface area is 157 Å². The Morgan fingerprint density at radius 3 is 2.65 bits per heavy atom. The summed E-state index contributed by atoms with van der Waals surface area (Å²) < 4.78 is 0.924. The molecule has 1 heterocycles. The van der Waals surface area contributed by atoms with Gasteiger partial charge in [0.2, 0.25) is 11.3 Å². The summed E-state index contributed by atoms with van der Waals surface area (Å²) in [6.07, 6.45) is 1.36. The molecule has 3 N–H and O–H groups in total. The summed E-state index contributed by atoms with van der Waals surface area (Å²) in [5, 5.41) is 5.62. The molecule has 26 heavy (non-hydrogen) atoms. The number of halogens is 1. The molecule has 0 aliphatic heterocycles. The van der Waals surface area contributed by atoms with Gasteiger partial charge in [-0.05, 0) is 29.8 Å². The molecule has 0 unspecified atom stereocenters. The Hall–Kier alpha value is -2.93. The van der Waals surface area contributed by atoms with Crippen LogP contribution in [0, 0.1) is 0 Å². The molecule has 7 heteroatoms. The highest BCUT2D eigenvalue weighted by Crippen LogP contribution is 2.11. The van der Waals surface area contributed by atoms with E-state index in [0.29, 0.717) is 17.4 Å². The highest BCUT2D eigenvalue weighted by atomic mass is 79.9. The van der Waals surface area contributed by atoms with Gasteiger partial charge in [0.05, 0.1) is 6.54 Å². The predicted octanol–water partition coefficient (Wildman–Crippen LogP) is 2.34. The molecule has 2 aromatic carbocycles. The van der Waals surface area contributed by atoms with E-state index in [2.05, 4.69) is 31.5 Å². The van der Waals surface area contributed by atoms with Gasteiger partial charge in [-0.25, -0.2) is 0 Å². The summed E-state index contributed by atoms with van der Waals surface area (Å²) in [7, 11) is 0. The summed E-state index contributed by atoms with van der Waals surface area (Å²) in [6, 6.07) is 14.5. The van der Waals surface area contributed by atoms with E-state index in [4.69, 9.17) is 0 Å². The summed E-state index contributed by atoms with van der Waals surface area (Å²) >= 11 is 3.37. The lowest BCUT2D eigenvalue weighted by Crippen LogP contribution is -2.38. The fraction of sp³-hybridized carbons (Fsp3) is 0.105. The number of aromatic nitrogens is 1. The van der Waals surface area contributed by atoms with Crippen molar-refractivity contribution in [2.24, 2.45) is 0 Å². The van der Waals surface area contributed by atoms with E-state index >= 15 is 0 Å². The van der Waals surface area contributed by atoms with E-state index < -0.39 is 5.91 Å². The Balaban J connectivity index is 1.59. The van der Waals surface area contributed by atoms with Crippen molar-refractivity contribution in [2.75, 3.05) is 6.54 Å². The number of carbonyl (C=O) groups excluding carboxylic acids is 2. The molecule has 0 radical (unpaired) electrons. The highest BCUT2D eigenvalue weighted by Gasteiger charge is 2.13. The molecule has 0 aliphatic rings. The molecule has 0 saturated heterocycles. The molecule has 0 saturated carbocycles. The van der Waals surface area contributed by atoms with Crippen LogP contribution < -0.4 is 16.1 Å². The number of para-hydroxylation sites is 1. The largest absolute Gasteiger partial charge is 0.360 e. The summed E-state index contributed by atoms with van der Waals surface area (Å²) in [4.78, 5) is 39.4. The fourth-order valence-corrected chi connectivity index (χ4v) is 2.95. The summed E-state index contributed by atoms with van der Waals surface area (Å²) in [6.45, 7) is 0.143. The molecule has 0 bridgehead atoms. The number of benzene rings is 2. The Bertz CT molecular complexity index is 1030. The van der Waals surface area contributed by atoms with Gasteiger partial charge in [-0.3, -0.25) is 14.4 Å². The van der Waals surface area contributed by atoms with Crippen molar-refractivity contribution in [3.05, 3.63) is 80.6 Å². The second-order valence-electron chi connectivity index (χ2n) is 5.67. The first-order valence-corrected chi connectivity index (χ1v) is 8.73. The maximum Gasteiger partial charge on any atom is 0.257 e. The van der Waals surface area contributed by atoms with E-state index in [9.17, 15) is 14.4 Å². The molecule has 0 aliphatic carbocycles. The third kappa shape index (κ3) is 4.18. The van der Waals surface area contributed by atoms with Crippen LogP contribution in [0.4, 0.5) is 0 Å². The van der Waals surface area contributed by atoms with Crippen LogP contribution in [-0.4, -0.2) is 23.3 Å². The smallest absolute Gasteiger partial charge is 0.257 e. The molecular formula is C19H16BrN3O3. The van der Waals surface area contributed by atoms with Crippen molar-refractivity contribution in [1.29, 1.82) is 0 Å². The maximum absolute atomic E-state index is 12.4. The lowest BCUT2D eigenvalue weighted by atomic mass is 10.1. The first kappa shape index (κ1) is 17.9. The number of carbonyl (C=O) groups is 2. The van der Waals surface area contributed by atoms with E-state index in [1.54, 1.807) is 24.3 Å². The van der Waals surface area contributed by atoms with Crippen molar-refractivity contribution in [3.8, 4) is 0 Å². The molecule has 1 aromatic heterocycles. The van der Waals surface area contributed by atoms with Crippen LogP contribution in [0.2, 0.25) is 0 Å². The van der Waals surface area contributed by atoms with Crippen LogP contribution in [-0.2, 0) is 11.3 Å². The van der Waals surface area contributed by atoms with Crippen LogP contribution in [0.15, 0.2) is 64.0 Å². The van der Waals surface area contributed by atoms with Crippen molar-refractivity contribution in [1.82, 2.24) is 15.6 Å². The lowest BCUT2D eigenvalue weighted by molar-refractivity contribution is -0.120. The zero-order chi connectivity index (χ0) is 18.5. The SMILES string of the molecule is O=C(CNC(=O)c1c[nH]c2ccccc2c1=O)NCc1cccc(Br)c1. The van der Waals surface area contributed by atoms with Crippen molar-refractivity contribution in [3.63, 3.8) is 0 Å². The van der Waals surface area contributed by atoms with E-state index in [1.165, 1.54) is 6.20 Å². The number of pyridine rings is 1. The minimum absolute atomic E-state index is 0.0245. The molecule has 0 atom stereocenters. The lowest BCUT2D eigenvalue weighted by Gasteiger charge is -2.08. The first-order chi connectivity index (χ1) is 12.5. The van der Waals surface area contributed by atoms with Gasteiger partial charge in [-0.1, -0.05) is 40.2 Å². The Morgan fingerprint density at radius 1 is 1.04 bits per heavy atom. The van der Waals surface area contributed by atoms with Gasteiger partial charge in [0.15, 0.2) is 0 Å². The zero-order valence-corrected chi connectivity index (χ0v) is 15.3. The molecule has 0 spiro atoms. The van der Waals surface area contributed by atoms with Gasteiger partial charge in [-0.2, -0.15) is 0 Å². The quantitative estimate of drug-likeness (QED) is 0.599. The highest BCUT2D eigenvalue weighted by molar-refractivity contribution is 9.10. The van der Waals surface area contributed by atoms with Crippen LogP contribution in [0.3, 0.4) is 0 Å². The predicted molar refractivity (Wildman–Crippen MR) is 103 cm³/mol. The van der Waals surface area contributed by atoms with E-state index in [-0.39, 0.29) is 23.4 Å². The number of H-pyrrole nitrogens is 1. The van der Waals surface area contributed by atoms with Gasteiger partial charge in [-0.15, -0.1) is 0 Å². The minimum atomic E-state index is -0.588. The van der Waals surface area contributed by atoms with Crippen molar-refractivity contribution in [2.45, 2.75) is 6.54 Å². The molecule has 132 valence electrons. The van der Waals surface area contributed by atoms with E-state index in [1.807, 2.05) is 24.3 Å². The zero-order valence-electron chi connectivity index (χ0n) is 13.7. The standard InChI is InChI=1S/C19H16BrN3O3/c20-13-5-3-4-12(8-13)9-22-17(24)11-23-19(26)15-10-21-16-7-2-1-6-14(16)18(15)25/h1-8,10H,9,11H2,(H,21,25)(H,22,24)(H,23,26). The van der Waals surface area contributed by atoms with Crippen molar-refractivity contribution >= 4 is 38.6 Å². The van der Waals surface area contributed by atoms with E-state index in [0.717, 1.165) is 10.0 Å². The van der Waals surface area contributed by atoms with Gasteiger partial charge in [0.25, 0.3) is 5.91 Å². The van der Waals surface area contributed by atoms with Gasteiger partial charge >= 0.3 is 0 Å². The minimum Gasteiger partial charge on any atom is -0.360 e. The Kier molecular flexibility index (Phi) is 5.48. The number of hydrogen-bond donors (Lipinski definition) is 3. The van der Waals surface area contributed by atoms with Gasteiger partial charge in [0.1, 0.15) is 5.56 Å². The summed E-state index contributed by atoms with van der Waals surface area (Å²) in [5.41, 5.74) is 1.20. The fourth-order valence-electron chi connectivity index (χ4n) is 2.50. The van der Waals surface area contributed by atoms with Crippen LogP contribution in [0.1, 0.15) is 15.9 Å². The number of hydrogen-bond acceptors (Lipinski definition) is 3. The maximum atomic E-state index is 12.4. The first-order valence-electron chi connectivity index (χ1n) is 7.94. The molecule has 2 amide bonds. The topological polar surface area (TPSA) is 91.1 Å². The van der Waals surface area contributed by atoms with Crippen molar-refractivity contribution < 1.29 is 9.59 Å². The molecule has 6 nitrogen and oxygen atoms in total. The average molecular weight is 414 g/mol. The second kappa shape index (κ2) is 7.97. The summed E-state index contributed by atoms with van der Waals surface area (Å²) in [5.74, 6) is -0.926. The number of fused-ring (bicyclic) bond motifs is 1. The average Bonchev–Trinajstić information content (AvgIpc) is 2.65.